The van der Waals surface area contributed by atoms with Crippen LogP contribution in [0.3, 0.4) is 0 Å². The van der Waals surface area contributed by atoms with Crippen molar-refractivity contribution in [3.8, 4) is 6.01 Å². The molecule has 0 atom stereocenters. The Hall–Kier alpha value is -0.540. The molecule has 1 aliphatic rings. The Bertz CT molecular complexity index is 320. The van der Waals surface area contributed by atoms with E-state index in [1.54, 1.807) is 0 Å². The number of rotatable bonds is 2. The third kappa shape index (κ3) is 3.21. The number of ether oxygens (including phenoxy) is 1. The molecule has 2 rings (SSSR count). The molecule has 1 aromatic rings. The fourth-order valence-corrected chi connectivity index (χ4v) is 2.16. The third-order valence-corrected chi connectivity index (χ3v) is 2.85. The van der Waals surface area contributed by atoms with Crippen LogP contribution < -0.4 is 4.74 Å². The molecule has 0 unspecified atom stereocenters. The highest BCUT2D eigenvalue weighted by Crippen LogP contribution is 2.23. The maximum Gasteiger partial charge on any atom is 0.319 e. The lowest BCUT2D eigenvalue weighted by molar-refractivity contribution is 0.142. The van der Waals surface area contributed by atoms with E-state index in [1.807, 2.05) is 0 Å². The summed E-state index contributed by atoms with van der Waals surface area (Å²) in [5.74, 6) is 0. The van der Waals surface area contributed by atoms with E-state index in [0.717, 1.165) is 12.8 Å². The van der Waals surface area contributed by atoms with Gasteiger partial charge in [-0.3, -0.25) is 0 Å². The minimum atomic E-state index is 0.216. The Balaban J connectivity index is 2.02. The lowest BCUT2D eigenvalue weighted by Gasteiger charge is -2.21. The van der Waals surface area contributed by atoms with E-state index < -0.39 is 0 Å². The Morgan fingerprint density at radius 2 is 1.67 bits per heavy atom. The Morgan fingerprint density at radius 3 is 2.27 bits per heavy atom. The van der Waals surface area contributed by atoms with Crippen LogP contribution in [0.1, 0.15) is 32.1 Å². The minimum Gasteiger partial charge on any atom is -0.460 e. The average Bonchev–Trinajstić information content (AvgIpc) is 2.17. The Morgan fingerprint density at radius 1 is 1.07 bits per heavy atom. The van der Waals surface area contributed by atoms with Crippen LogP contribution in [0.2, 0.25) is 10.3 Å². The average molecular weight is 247 g/mol. The summed E-state index contributed by atoms with van der Waals surface area (Å²) >= 11 is 11.5. The quantitative estimate of drug-likeness (QED) is 0.750. The van der Waals surface area contributed by atoms with E-state index in [1.165, 1.54) is 25.3 Å². The summed E-state index contributed by atoms with van der Waals surface area (Å²) in [5, 5.41) is 0.640. The molecule has 1 aromatic heterocycles. The summed E-state index contributed by atoms with van der Waals surface area (Å²) in [6.45, 7) is 0. The van der Waals surface area contributed by atoms with E-state index in [-0.39, 0.29) is 6.10 Å². The molecule has 1 fully saturated rings. The molecule has 0 bridgehead atoms. The fourth-order valence-electron chi connectivity index (χ4n) is 1.76. The van der Waals surface area contributed by atoms with Crippen molar-refractivity contribution in [2.75, 3.05) is 0 Å². The van der Waals surface area contributed by atoms with E-state index >= 15 is 0 Å². The normalized spacial score (nSPS) is 17.7. The highest BCUT2D eigenvalue weighted by Gasteiger charge is 2.16. The molecule has 3 nitrogen and oxygen atoms in total. The Kier molecular flexibility index (Phi) is 3.65. The molecule has 0 aliphatic heterocycles. The number of nitrogens with zero attached hydrogens (tertiary/aromatic N) is 2. The monoisotopic (exact) mass is 246 g/mol. The van der Waals surface area contributed by atoms with Crippen molar-refractivity contribution in [1.29, 1.82) is 0 Å². The minimum absolute atomic E-state index is 0.216. The molecular weight excluding hydrogens is 235 g/mol. The van der Waals surface area contributed by atoms with Gasteiger partial charge >= 0.3 is 6.01 Å². The highest BCUT2D eigenvalue weighted by molar-refractivity contribution is 6.33. The summed E-state index contributed by atoms with van der Waals surface area (Å²) in [7, 11) is 0. The van der Waals surface area contributed by atoms with Gasteiger partial charge in [-0.05, 0) is 25.7 Å². The second-order valence-corrected chi connectivity index (χ2v) is 4.45. The van der Waals surface area contributed by atoms with Gasteiger partial charge in [-0.25, -0.2) is 0 Å². The largest absolute Gasteiger partial charge is 0.460 e. The maximum absolute atomic E-state index is 5.75. The van der Waals surface area contributed by atoms with Crippen LogP contribution in [0, 0.1) is 0 Å². The van der Waals surface area contributed by atoms with E-state index in [2.05, 4.69) is 9.97 Å². The second kappa shape index (κ2) is 4.99. The summed E-state index contributed by atoms with van der Waals surface area (Å²) in [6, 6.07) is 1.79. The van der Waals surface area contributed by atoms with Crippen LogP contribution in [-0.4, -0.2) is 16.1 Å². The molecule has 0 aromatic carbocycles. The molecule has 0 saturated heterocycles. The molecule has 0 radical (unpaired) electrons. The van der Waals surface area contributed by atoms with Gasteiger partial charge in [0.2, 0.25) is 0 Å². The first-order valence-electron chi connectivity index (χ1n) is 5.11. The number of aromatic nitrogens is 2. The van der Waals surface area contributed by atoms with Crippen LogP contribution in [0.4, 0.5) is 0 Å². The molecule has 0 amide bonds. The van der Waals surface area contributed by atoms with Crippen molar-refractivity contribution < 1.29 is 4.74 Å². The predicted octanol–water partition coefficient (Wildman–Crippen LogP) is 3.49. The molecule has 82 valence electrons. The summed E-state index contributed by atoms with van der Waals surface area (Å²) in [4.78, 5) is 7.95. The van der Waals surface area contributed by atoms with Crippen LogP contribution in [0.15, 0.2) is 6.07 Å². The number of hydrogen-bond donors (Lipinski definition) is 0. The maximum atomic E-state index is 5.75. The van der Waals surface area contributed by atoms with E-state index in [0.29, 0.717) is 16.3 Å². The highest BCUT2D eigenvalue weighted by atomic mass is 35.5. The van der Waals surface area contributed by atoms with Gasteiger partial charge in [-0.2, -0.15) is 9.97 Å². The van der Waals surface area contributed by atoms with Crippen molar-refractivity contribution in [1.82, 2.24) is 9.97 Å². The molecule has 0 N–H and O–H groups in total. The zero-order chi connectivity index (χ0) is 10.7. The first-order valence-corrected chi connectivity index (χ1v) is 5.86. The molecule has 5 heteroatoms. The molecular formula is C10H12Cl2N2O. The van der Waals surface area contributed by atoms with Crippen LogP contribution in [0.5, 0.6) is 6.01 Å². The van der Waals surface area contributed by atoms with Gasteiger partial charge in [0.25, 0.3) is 0 Å². The lowest BCUT2D eigenvalue weighted by atomic mass is 9.98. The summed E-state index contributed by atoms with van der Waals surface area (Å²) in [5.41, 5.74) is 0. The van der Waals surface area contributed by atoms with Gasteiger partial charge in [-0.15, -0.1) is 0 Å². The van der Waals surface area contributed by atoms with Gasteiger partial charge < -0.3 is 4.74 Å². The van der Waals surface area contributed by atoms with E-state index in [9.17, 15) is 0 Å². The van der Waals surface area contributed by atoms with Gasteiger partial charge in [0, 0.05) is 6.07 Å². The molecule has 1 heterocycles. The van der Waals surface area contributed by atoms with Gasteiger partial charge in [-0.1, -0.05) is 29.6 Å². The first kappa shape index (κ1) is 11.0. The van der Waals surface area contributed by atoms with Crippen molar-refractivity contribution in [3.63, 3.8) is 0 Å². The summed E-state index contributed by atoms with van der Waals surface area (Å²) < 4.78 is 5.63. The molecule has 1 aliphatic carbocycles. The summed E-state index contributed by atoms with van der Waals surface area (Å²) in [6.07, 6.45) is 6.05. The molecule has 1 saturated carbocycles. The standard InChI is InChI=1S/C10H12Cl2N2O/c11-8-6-9(12)14-10(13-8)15-7-4-2-1-3-5-7/h6-7H,1-5H2. The van der Waals surface area contributed by atoms with Crippen LogP contribution in [0.25, 0.3) is 0 Å². The van der Waals surface area contributed by atoms with Crippen molar-refractivity contribution >= 4 is 23.2 Å². The zero-order valence-electron chi connectivity index (χ0n) is 8.25. The number of hydrogen-bond acceptors (Lipinski definition) is 3. The third-order valence-electron chi connectivity index (χ3n) is 2.47. The van der Waals surface area contributed by atoms with Crippen molar-refractivity contribution in [3.05, 3.63) is 16.4 Å². The van der Waals surface area contributed by atoms with Gasteiger partial charge in [0.05, 0.1) is 0 Å². The van der Waals surface area contributed by atoms with Gasteiger partial charge in [0.1, 0.15) is 16.4 Å². The van der Waals surface area contributed by atoms with Gasteiger partial charge in [0.15, 0.2) is 0 Å². The number of halogens is 2. The molecule has 0 spiro atoms. The zero-order valence-corrected chi connectivity index (χ0v) is 9.76. The predicted molar refractivity (Wildman–Crippen MR) is 59.6 cm³/mol. The first-order chi connectivity index (χ1) is 7.24. The second-order valence-electron chi connectivity index (χ2n) is 3.67. The van der Waals surface area contributed by atoms with E-state index in [4.69, 9.17) is 27.9 Å². The van der Waals surface area contributed by atoms with Crippen LogP contribution >= 0.6 is 23.2 Å². The molecule has 15 heavy (non-hydrogen) atoms. The lowest BCUT2D eigenvalue weighted by Crippen LogP contribution is -2.20. The smallest absolute Gasteiger partial charge is 0.319 e. The van der Waals surface area contributed by atoms with Crippen molar-refractivity contribution in [2.24, 2.45) is 0 Å². The SMILES string of the molecule is Clc1cc(Cl)nc(OC2CCCCC2)n1. The van der Waals surface area contributed by atoms with Crippen LogP contribution in [-0.2, 0) is 0 Å². The van der Waals surface area contributed by atoms with Crippen molar-refractivity contribution in [2.45, 2.75) is 38.2 Å². The fraction of sp³-hybridized carbons (Fsp3) is 0.600. The topological polar surface area (TPSA) is 35.0 Å². The Labute approximate surface area is 98.8 Å².